The van der Waals surface area contributed by atoms with Crippen molar-refractivity contribution < 1.29 is 14.3 Å². The number of aryl methyl sites for hydroxylation is 1. The van der Waals surface area contributed by atoms with Gasteiger partial charge in [0.25, 0.3) is 0 Å². The van der Waals surface area contributed by atoms with Gasteiger partial charge in [-0.15, -0.1) is 0 Å². The molecule has 0 spiro atoms. The van der Waals surface area contributed by atoms with Crippen molar-refractivity contribution in [1.82, 2.24) is 9.78 Å². The van der Waals surface area contributed by atoms with Crippen LogP contribution in [0.4, 0.5) is 4.39 Å². The fourth-order valence-corrected chi connectivity index (χ4v) is 2.54. The molecule has 1 aromatic heterocycles. The van der Waals surface area contributed by atoms with Gasteiger partial charge in [-0.1, -0.05) is 11.6 Å². The molecule has 0 saturated carbocycles. The second-order valence-electron chi connectivity index (χ2n) is 3.61. The van der Waals surface area contributed by atoms with E-state index < -0.39 is 11.8 Å². The van der Waals surface area contributed by atoms with Gasteiger partial charge in [0, 0.05) is 10.2 Å². The third kappa shape index (κ3) is 2.26. The van der Waals surface area contributed by atoms with E-state index in [2.05, 4.69) is 21.0 Å². The van der Waals surface area contributed by atoms with Crippen LogP contribution in [0.1, 0.15) is 16.2 Å². The van der Waals surface area contributed by atoms with Gasteiger partial charge < -0.3 is 5.11 Å². The Bertz CT molecular complexity index is 619. The lowest BCUT2D eigenvalue weighted by molar-refractivity contribution is 0.0690. The van der Waals surface area contributed by atoms with Crippen LogP contribution in [0.25, 0.3) is 5.69 Å². The molecule has 0 bridgehead atoms. The first kappa shape index (κ1) is 13.0. The fraction of sp³-hybridized carbons (Fsp3) is 0.0909. The molecule has 4 nitrogen and oxygen atoms in total. The van der Waals surface area contributed by atoms with Crippen molar-refractivity contribution >= 4 is 33.5 Å². The Balaban J connectivity index is 2.66. The highest BCUT2D eigenvalue weighted by atomic mass is 79.9. The summed E-state index contributed by atoms with van der Waals surface area (Å²) in [5.74, 6) is -1.62. The second-order valence-corrected chi connectivity index (χ2v) is 4.87. The van der Waals surface area contributed by atoms with Gasteiger partial charge in [-0.3, -0.25) is 0 Å². The van der Waals surface area contributed by atoms with Gasteiger partial charge >= 0.3 is 5.97 Å². The standard InChI is InChI=1S/C11H7BrClFN2O2/c1-5-2-9(11(17)18)15-16(5)10-7(12)3-6(14)4-8(10)13/h2-4H,1H3,(H,17,18). The predicted octanol–water partition coefficient (Wildman–Crippen LogP) is 3.43. The first-order chi connectivity index (χ1) is 8.40. The SMILES string of the molecule is Cc1cc(C(=O)O)nn1-c1c(Cl)cc(F)cc1Br. The Labute approximate surface area is 115 Å². The molecule has 94 valence electrons. The molecular weight excluding hydrogens is 326 g/mol. The normalized spacial score (nSPS) is 10.7. The molecule has 1 aromatic carbocycles. The van der Waals surface area contributed by atoms with Crippen molar-refractivity contribution in [2.45, 2.75) is 6.92 Å². The molecule has 1 N–H and O–H groups in total. The van der Waals surface area contributed by atoms with Crippen LogP contribution in [0.15, 0.2) is 22.7 Å². The first-order valence-electron chi connectivity index (χ1n) is 4.85. The second kappa shape index (κ2) is 4.70. The third-order valence-electron chi connectivity index (χ3n) is 2.30. The van der Waals surface area contributed by atoms with Crippen molar-refractivity contribution in [3.8, 4) is 5.69 Å². The summed E-state index contributed by atoms with van der Waals surface area (Å²) in [6.07, 6.45) is 0. The van der Waals surface area contributed by atoms with E-state index in [1.54, 1.807) is 6.92 Å². The number of carbonyl (C=O) groups is 1. The largest absolute Gasteiger partial charge is 0.476 e. The minimum atomic E-state index is -1.13. The quantitative estimate of drug-likeness (QED) is 0.916. The molecule has 0 aliphatic rings. The van der Waals surface area contributed by atoms with Gasteiger partial charge in [-0.25, -0.2) is 13.9 Å². The Morgan fingerprint density at radius 2 is 2.17 bits per heavy atom. The molecule has 0 atom stereocenters. The molecule has 2 rings (SSSR count). The lowest BCUT2D eigenvalue weighted by Crippen LogP contribution is -2.04. The Morgan fingerprint density at radius 3 is 2.67 bits per heavy atom. The molecule has 0 amide bonds. The van der Waals surface area contributed by atoms with Gasteiger partial charge in [-0.05, 0) is 41.1 Å². The van der Waals surface area contributed by atoms with Crippen LogP contribution in [0.3, 0.4) is 0 Å². The number of carboxylic acids is 1. The molecule has 0 aliphatic heterocycles. The van der Waals surface area contributed by atoms with Gasteiger partial charge in [0.2, 0.25) is 0 Å². The molecule has 0 radical (unpaired) electrons. The summed E-state index contributed by atoms with van der Waals surface area (Å²) in [5, 5.41) is 12.9. The first-order valence-corrected chi connectivity index (χ1v) is 6.02. The average Bonchev–Trinajstić information content (AvgIpc) is 2.59. The van der Waals surface area contributed by atoms with E-state index in [1.807, 2.05) is 0 Å². The summed E-state index contributed by atoms with van der Waals surface area (Å²) < 4.78 is 14.9. The van der Waals surface area contributed by atoms with Crippen LogP contribution in [-0.2, 0) is 0 Å². The summed E-state index contributed by atoms with van der Waals surface area (Å²) in [7, 11) is 0. The minimum absolute atomic E-state index is 0.0974. The summed E-state index contributed by atoms with van der Waals surface area (Å²) >= 11 is 9.13. The van der Waals surface area contributed by atoms with E-state index in [0.29, 0.717) is 15.9 Å². The van der Waals surface area contributed by atoms with Crippen LogP contribution in [-0.4, -0.2) is 20.9 Å². The topological polar surface area (TPSA) is 55.1 Å². The average molecular weight is 334 g/mol. The monoisotopic (exact) mass is 332 g/mol. The predicted molar refractivity (Wildman–Crippen MR) is 67.9 cm³/mol. The van der Waals surface area contributed by atoms with E-state index in [-0.39, 0.29) is 10.7 Å². The van der Waals surface area contributed by atoms with Crippen LogP contribution >= 0.6 is 27.5 Å². The molecule has 1 heterocycles. The number of halogens is 3. The molecule has 18 heavy (non-hydrogen) atoms. The number of hydrogen-bond donors (Lipinski definition) is 1. The summed E-state index contributed by atoms with van der Waals surface area (Å²) in [4.78, 5) is 10.8. The van der Waals surface area contributed by atoms with Crippen molar-refractivity contribution in [2.24, 2.45) is 0 Å². The maximum absolute atomic E-state index is 13.1. The highest BCUT2D eigenvalue weighted by molar-refractivity contribution is 9.10. The third-order valence-corrected chi connectivity index (χ3v) is 3.19. The number of rotatable bonds is 2. The number of nitrogens with zero attached hydrogens (tertiary/aromatic N) is 2. The Kier molecular flexibility index (Phi) is 3.41. The zero-order valence-electron chi connectivity index (χ0n) is 9.12. The smallest absolute Gasteiger partial charge is 0.356 e. The molecule has 0 fully saturated rings. The number of carboxylic acid groups (broad SMARTS) is 1. The van der Waals surface area contributed by atoms with E-state index in [0.717, 1.165) is 6.07 Å². The number of aromatic nitrogens is 2. The highest BCUT2D eigenvalue weighted by Crippen LogP contribution is 2.30. The zero-order chi connectivity index (χ0) is 13.4. The number of hydrogen-bond acceptors (Lipinski definition) is 2. The highest BCUT2D eigenvalue weighted by Gasteiger charge is 2.16. The molecule has 0 aliphatic carbocycles. The van der Waals surface area contributed by atoms with E-state index >= 15 is 0 Å². The van der Waals surface area contributed by atoms with Crippen LogP contribution < -0.4 is 0 Å². The van der Waals surface area contributed by atoms with Gasteiger partial charge in [0.1, 0.15) is 5.82 Å². The van der Waals surface area contributed by atoms with E-state index in [9.17, 15) is 9.18 Å². The van der Waals surface area contributed by atoms with Crippen molar-refractivity contribution in [3.63, 3.8) is 0 Å². The Morgan fingerprint density at radius 1 is 1.50 bits per heavy atom. The molecule has 0 unspecified atom stereocenters. The minimum Gasteiger partial charge on any atom is -0.476 e. The number of benzene rings is 1. The van der Waals surface area contributed by atoms with Gasteiger partial charge in [0.15, 0.2) is 5.69 Å². The summed E-state index contributed by atoms with van der Waals surface area (Å²) in [6.45, 7) is 1.69. The molecular formula is C11H7BrClFN2O2. The van der Waals surface area contributed by atoms with Crippen LogP contribution in [0, 0.1) is 12.7 Å². The van der Waals surface area contributed by atoms with E-state index in [4.69, 9.17) is 16.7 Å². The molecule has 0 saturated heterocycles. The fourth-order valence-electron chi connectivity index (χ4n) is 1.54. The van der Waals surface area contributed by atoms with Crippen molar-refractivity contribution in [3.05, 3.63) is 44.9 Å². The number of aromatic carboxylic acids is 1. The summed E-state index contributed by atoms with van der Waals surface area (Å²) in [5.41, 5.74) is 0.893. The van der Waals surface area contributed by atoms with E-state index in [1.165, 1.54) is 16.8 Å². The maximum Gasteiger partial charge on any atom is 0.356 e. The molecule has 7 heteroatoms. The van der Waals surface area contributed by atoms with Gasteiger partial charge in [0.05, 0.1) is 10.7 Å². The Hall–Kier alpha value is -1.40. The van der Waals surface area contributed by atoms with Crippen molar-refractivity contribution in [2.75, 3.05) is 0 Å². The lowest BCUT2D eigenvalue weighted by Gasteiger charge is -2.09. The lowest BCUT2D eigenvalue weighted by atomic mass is 10.3. The zero-order valence-corrected chi connectivity index (χ0v) is 11.5. The van der Waals surface area contributed by atoms with Crippen LogP contribution in [0.5, 0.6) is 0 Å². The summed E-state index contributed by atoms with van der Waals surface area (Å²) in [6, 6.07) is 3.79. The molecule has 2 aromatic rings. The maximum atomic E-state index is 13.1. The van der Waals surface area contributed by atoms with Crippen molar-refractivity contribution in [1.29, 1.82) is 0 Å². The van der Waals surface area contributed by atoms with Gasteiger partial charge in [-0.2, -0.15) is 5.10 Å². The van der Waals surface area contributed by atoms with Crippen LogP contribution in [0.2, 0.25) is 5.02 Å².